The van der Waals surface area contributed by atoms with E-state index in [1.165, 1.54) is 0 Å². The molecule has 1 aromatic carbocycles. The van der Waals surface area contributed by atoms with Crippen LogP contribution in [-0.4, -0.2) is 62.6 Å². The van der Waals surface area contributed by atoms with E-state index in [9.17, 15) is 16.8 Å². The SMILES string of the molecule is O=S(=O)(O)c1cc(OCCO)c(OCCO)c(S(=O)(=O)O)c1. The molecule has 0 unspecified atom stereocenters. The highest BCUT2D eigenvalue weighted by Gasteiger charge is 2.26. The van der Waals surface area contributed by atoms with Gasteiger partial charge in [0.15, 0.2) is 11.5 Å². The maximum absolute atomic E-state index is 11.4. The van der Waals surface area contributed by atoms with Gasteiger partial charge in [0.1, 0.15) is 18.1 Å². The third-order valence-corrected chi connectivity index (χ3v) is 3.95. The fourth-order valence-electron chi connectivity index (χ4n) is 1.45. The van der Waals surface area contributed by atoms with Crippen molar-refractivity contribution in [3.05, 3.63) is 12.1 Å². The molecule has 1 aromatic rings. The lowest BCUT2D eigenvalue weighted by Crippen LogP contribution is -2.12. The molecule has 0 bridgehead atoms. The van der Waals surface area contributed by atoms with Crippen LogP contribution in [0.25, 0.3) is 0 Å². The van der Waals surface area contributed by atoms with Gasteiger partial charge in [-0.1, -0.05) is 0 Å². The van der Waals surface area contributed by atoms with Gasteiger partial charge in [0, 0.05) is 6.07 Å². The third-order valence-electron chi connectivity index (χ3n) is 2.26. The molecule has 0 amide bonds. The Morgan fingerprint density at radius 2 is 1.41 bits per heavy atom. The van der Waals surface area contributed by atoms with Crippen LogP contribution in [0.3, 0.4) is 0 Å². The van der Waals surface area contributed by atoms with Gasteiger partial charge in [-0.2, -0.15) is 16.8 Å². The van der Waals surface area contributed by atoms with Crippen LogP contribution in [0.15, 0.2) is 21.9 Å². The molecule has 0 aliphatic carbocycles. The fourth-order valence-corrected chi connectivity index (χ4v) is 2.71. The maximum Gasteiger partial charge on any atom is 0.298 e. The van der Waals surface area contributed by atoms with Gasteiger partial charge < -0.3 is 19.7 Å². The van der Waals surface area contributed by atoms with Gasteiger partial charge >= 0.3 is 0 Å². The second-order valence-corrected chi connectivity index (χ2v) is 6.65. The number of benzene rings is 1. The van der Waals surface area contributed by atoms with Gasteiger partial charge in [-0.25, -0.2) is 0 Å². The molecule has 4 N–H and O–H groups in total. The first-order valence-electron chi connectivity index (χ1n) is 5.71. The zero-order valence-electron chi connectivity index (χ0n) is 11.0. The molecule has 0 spiro atoms. The summed E-state index contributed by atoms with van der Waals surface area (Å²) in [5, 5.41) is 17.4. The quantitative estimate of drug-likeness (QED) is 0.420. The monoisotopic (exact) mass is 358 g/mol. The van der Waals surface area contributed by atoms with E-state index < -0.39 is 54.7 Å². The van der Waals surface area contributed by atoms with Gasteiger partial charge in [-0.3, -0.25) is 9.11 Å². The number of rotatable bonds is 8. The van der Waals surface area contributed by atoms with E-state index in [4.69, 9.17) is 28.8 Å². The van der Waals surface area contributed by atoms with Gasteiger partial charge in [-0.15, -0.1) is 0 Å². The summed E-state index contributed by atoms with van der Waals surface area (Å²) in [6, 6.07) is 1.23. The van der Waals surface area contributed by atoms with Crippen LogP contribution in [0.4, 0.5) is 0 Å². The molecule has 0 radical (unpaired) electrons. The number of hydrogen-bond donors (Lipinski definition) is 4. The summed E-state index contributed by atoms with van der Waals surface area (Å²) >= 11 is 0. The van der Waals surface area contributed by atoms with Crippen LogP contribution in [0.5, 0.6) is 11.5 Å². The predicted octanol–water partition coefficient (Wildman–Crippen LogP) is -1.08. The number of aliphatic hydroxyl groups is 2. The van der Waals surface area contributed by atoms with Crippen molar-refractivity contribution in [3.8, 4) is 11.5 Å². The van der Waals surface area contributed by atoms with E-state index in [2.05, 4.69) is 0 Å². The van der Waals surface area contributed by atoms with Crippen molar-refractivity contribution in [3.63, 3.8) is 0 Å². The Morgan fingerprint density at radius 3 is 1.86 bits per heavy atom. The highest BCUT2D eigenvalue weighted by atomic mass is 32.2. The van der Waals surface area contributed by atoms with Crippen molar-refractivity contribution in [2.24, 2.45) is 0 Å². The Morgan fingerprint density at radius 1 is 0.864 bits per heavy atom. The second kappa shape index (κ2) is 7.21. The lowest BCUT2D eigenvalue weighted by molar-refractivity contribution is 0.175. The van der Waals surface area contributed by atoms with Gasteiger partial charge in [0.05, 0.1) is 18.1 Å². The molecule has 126 valence electrons. The molecule has 0 aliphatic heterocycles. The average Bonchev–Trinajstić information content (AvgIpc) is 2.40. The van der Waals surface area contributed by atoms with E-state index in [1.54, 1.807) is 0 Å². The molecule has 0 saturated heterocycles. The lowest BCUT2D eigenvalue weighted by atomic mass is 10.3. The molecule has 22 heavy (non-hydrogen) atoms. The number of aliphatic hydroxyl groups excluding tert-OH is 2. The van der Waals surface area contributed by atoms with E-state index >= 15 is 0 Å². The van der Waals surface area contributed by atoms with E-state index in [0.29, 0.717) is 6.07 Å². The van der Waals surface area contributed by atoms with Crippen LogP contribution in [0.1, 0.15) is 0 Å². The van der Waals surface area contributed by atoms with Crippen molar-refractivity contribution >= 4 is 20.2 Å². The zero-order chi connectivity index (χ0) is 17.0. The molecule has 0 aliphatic rings. The topological polar surface area (TPSA) is 168 Å². The van der Waals surface area contributed by atoms with Crippen LogP contribution in [0, 0.1) is 0 Å². The average molecular weight is 358 g/mol. The summed E-state index contributed by atoms with van der Waals surface area (Å²) in [5.41, 5.74) is 0. The fraction of sp³-hybridized carbons (Fsp3) is 0.400. The standard InChI is InChI=1S/C10H14O10S2/c11-1-3-19-8-5-7(21(13,14)15)6-9(22(16,17)18)10(8)20-4-2-12/h5-6,11-12H,1-4H2,(H,13,14,15)(H,16,17,18). The van der Waals surface area contributed by atoms with E-state index in [-0.39, 0.29) is 13.2 Å². The van der Waals surface area contributed by atoms with E-state index in [1.807, 2.05) is 0 Å². The molecule has 10 nitrogen and oxygen atoms in total. The number of ether oxygens (including phenoxy) is 2. The first-order valence-corrected chi connectivity index (χ1v) is 8.59. The summed E-state index contributed by atoms with van der Waals surface area (Å²) < 4.78 is 73.1. The Balaban J connectivity index is 3.61. The Kier molecular flexibility index (Phi) is 6.10. The summed E-state index contributed by atoms with van der Waals surface area (Å²) in [5.74, 6) is -1.01. The molecule has 0 saturated carbocycles. The Labute approximate surface area is 126 Å². The summed E-state index contributed by atoms with van der Waals surface area (Å²) in [6.45, 7) is -1.68. The molecule has 0 fully saturated rings. The maximum atomic E-state index is 11.4. The van der Waals surface area contributed by atoms with Gasteiger partial charge in [-0.05, 0) is 6.07 Å². The van der Waals surface area contributed by atoms with Crippen LogP contribution in [-0.2, 0) is 20.2 Å². The lowest BCUT2D eigenvalue weighted by Gasteiger charge is -2.15. The van der Waals surface area contributed by atoms with Crippen molar-refractivity contribution in [2.75, 3.05) is 26.4 Å². The summed E-state index contributed by atoms with van der Waals surface area (Å²) in [4.78, 5) is -1.83. The molecule has 0 atom stereocenters. The van der Waals surface area contributed by atoms with Crippen molar-refractivity contribution in [1.82, 2.24) is 0 Å². The summed E-state index contributed by atoms with van der Waals surface area (Å²) in [7, 11) is -9.71. The zero-order valence-corrected chi connectivity index (χ0v) is 12.7. The minimum absolute atomic E-state index is 0.338. The van der Waals surface area contributed by atoms with Crippen LogP contribution in [0.2, 0.25) is 0 Å². The molecular weight excluding hydrogens is 344 g/mol. The molecule has 1 rings (SSSR count). The van der Waals surface area contributed by atoms with Gasteiger partial charge in [0.2, 0.25) is 0 Å². The predicted molar refractivity (Wildman–Crippen MR) is 71.2 cm³/mol. The molecule has 12 heteroatoms. The van der Waals surface area contributed by atoms with Crippen LogP contribution < -0.4 is 9.47 Å². The van der Waals surface area contributed by atoms with Gasteiger partial charge in [0.25, 0.3) is 20.2 Å². The van der Waals surface area contributed by atoms with Crippen molar-refractivity contribution in [1.29, 1.82) is 0 Å². The van der Waals surface area contributed by atoms with E-state index in [0.717, 1.165) is 6.07 Å². The van der Waals surface area contributed by atoms with Crippen molar-refractivity contribution in [2.45, 2.75) is 9.79 Å². The van der Waals surface area contributed by atoms with Crippen molar-refractivity contribution < 1.29 is 45.6 Å². The summed E-state index contributed by atoms with van der Waals surface area (Å²) in [6.07, 6.45) is 0. The minimum Gasteiger partial charge on any atom is -0.487 e. The molecule has 0 heterocycles. The molecular formula is C10H14O10S2. The number of hydrogen-bond acceptors (Lipinski definition) is 8. The smallest absolute Gasteiger partial charge is 0.298 e. The largest absolute Gasteiger partial charge is 0.487 e. The highest BCUT2D eigenvalue weighted by Crippen LogP contribution is 2.37. The Bertz CT molecular complexity index is 722. The highest BCUT2D eigenvalue weighted by molar-refractivity contribution is 7.86. The molecule has 0 aromatic heterocycles. The first kappa shape index (κ1) is 18.6. The minimum atomic E-state index is -4.92. The second-order valence-electron chi connectivity index (χ2n) is 3.84. The Hall–Kier alpha value is -1.44. The van der Waals surface area contributed by atoms with Crippen LogP contribution >= 0.6 is 0 Å². The first-order chi connectivity index (χ1) is 10.1. The normalized spacial score (nSPS) is 12.2. The third kappa shape index (κ3) is 4.79.